The number of rotatable bonds is 5. The van der Waals surface area contributed by atoms with Gasteiger partial charge >= 0.3 is 0 Å². The Balaban J connectivity index is 0.919. The summed E-state index contributed by atoms with van der Waals surface area (Å²) in [7, 11) is 0. The van der Waals surface area contributed by atoms with Crippen molar-refractivity contribution >= 4 is 43.9 Å². The number of aromatic nitrogens is 3. The minimum Gasteiger partial charge on any atom is -0.456 e. The molecule has 0 atom stereocenters. The monoisotopic (exact) mass is 797 g/mol. The molecule has 0 bridgehead atoms. The predicted molar refractivity (Wildman–Crippen MR) is 251 cm³/mol. The smallest absolute Gasteiger partial charge is 0.164 e. The van der Waals surface area contributed by atoms with Gasteiger partial charge in [-0.25, -0.2) is 15.0 Å². The van der Waals surface area contributed by atoms with Crippen LogP contribution in [0, 0.1) is 0 Å². The minimum atomic E-state index is 0.116. The molecule has 0 N–H and O–H groups in total. The maximum Gasteiger partial charge on any atom is 0.164 e. The van der Waals surface area contributed by atoms with E-state index in [2.05, 4.69) is 115 Å². The third-order valence-corrected chi connectivity index (χ3v) is 13.5. The van der Waals surface area contributed by atoms with Crippen LogP contribution in [-0.2, 0) is 5.41 Å². The molecule has 13 rings (SSSR count). The first kappa shape index (κ1) is 35.2. The highest BCUT2D eigenvalue weighted by molar-refractivity contribution is 6.07. The first-order valence-electron chi connectivity index (χ1n) is 21.7. The van der Waals surface area contributed by atoms with Crippen molar-refractivity contribution in [2.24, 2.45) is 0 Å². The van der Waals surface area contributed by atoms with Crippen LogP contribution >= 0.6 is 0 Å². The molecular formula is C57H39N3O2. The van der Waals surface area contributed by atoms with Crippen LogP contribution in [0.1, 0.15) is 43.2 Å². The van der Waals surface area contributed by atoms with Crippen molar-refractivity contribution < 1.29 is 8.83 Å². The van der Waals surface area contributed by atoms with E-state index in [9.17, 15) is 0 Å². The second-order valence-electron chi connectivity index (χ2n) is 17.0. The van der Waals surface area contributed by atoms with Crippen LogP contribution in [0.25, 0.3) is 111 Å². The van der Waals surface area contributed by atoms with Gasteiger partial charge in [0.1, 0.15) is 22.3 Å². The molecule has 0 amide bonds. The fourth-order valence-corrected chi connectivity index (χ4v) is 10.5. The van der Waals surface area contributed by atoms with Crippen LogP contribution in [0.5, 0.6) is 0 Å². The van der Waals surface area contributed by atoms with E-state index in [0.717, 1.165) is 71.7 Å². The van der Waals surface area contributed by atoms with Gasteiger partial charge in [0.05, 0.1) is 0 Å². The lowest BCUT2D eigenvalue weighted by Gasteiger charge is -2.36. The van der Waals surface area contributed by atoms with Crippen LogP contribution in [0.2, 0.25) is 0 Å². The van der Waals surface area contributed by atoms with Crippen LogP contribution in [0.3, 0.4) is 0 Å². The molecule has 1 saturated carbocycles. The Hall–Kier alpha value is -7.63. The molecule has 11 aromatic rings. The van der Waals surface area contributed by atoms with Crippen molar-refractivity contribution in [1.29, 1.82) is 0 Å². The molecule has 294 valence electrons. The predicted octanol–water partition coefficient (Wildman–Crippen LogP) is 15.2. The molecule has 0 aliphatic heterocycles. The Kier molecular flexibility index (Phi) is 7.77. The lowest BCUT2D eigenvalue weighted by Crippen LogP contribution is -2.28. The molecule has 5 nitrogen and oxygen atoms in total. The topological polar surface area (TPSA) is 65.0 Å². The van der Waals surface area contributed by atoms with E-state index in [0.29, 0.717) is 17.5 Å². The summed E-state index contributed by atoms with van der Waals surface area (Å²) in [4.78, 5) is 15.5. The lowest BCUT2D eigenvalue weighted by molar-refractivity contribution is 0.353. The van der Waals surface area contributed by atoms with Crippen molar-refractivity contribution in [3.63, 3.8) is 0 Å². The number of hydrogen-bond donors (Lipinski definition) is 0. The molecule has 0 radical (unpaired) electrons. The Morgan fingerprint density at radius 2 is 0.774 bits per heavy atom. The number of furan rings is 2. The van der Waals surface area contributed by atoms with E-state index >= 15 is 0 Å². The van der Waals surface area contributed by atoms with Gasteiger partial charge in [0.15, 0.2) is 17.5 Å². The van der Waals surface area contributed by atoms with Gasteiger partial charge < -0.3 is 8.83 Å². The molecular weight excluding hydrogens is 759 g/mol. The third kappa shape index (κ3) is 5.51. The summed E-state index contributed by atoms with van der Waals surface area (Å²) in [5, 5.41) is 4.17. The van der Waals surface area contributed by atoms with Crippen molar-refractivity contribution in [2.75, 3.05) is 0 Å². The zero-order chi connectivity index (χ0) is 40.8. The zero-order valence-corrected chi connectivity index (χ0v) is 33.9. The molecule has 8 aromatic carbocycles. The molecule has 1 spiro atoms. The molecule has 3 heterocycles. The molecule has 62 heavy (non-hydrogen) atoms. The van der Waals surface area contributed by atoms with Gasteiger partial charge in [0.2, 0.25) is 0 Å². The number of benzene rings is 8. The maximum atomic E-state index is 6.19. The van der Waals surface area contributed by atoms with Gasteiger partial charge in [0, 0.05) is 43.7 Å². The van der Waals surface area contributed by atoms with E-state index < -0.39 is 0 Å². The highest BCUT2D eigenvalue weighted by Crippen LogP contribution is 2.56. The SMILES string of the molecule is c1cc(-c2cccc(-c3nc(-c4ccc5oc6ccccc6c5c4)nc(-c4ccc5oc6ccccc6c5c4)n3)c2)cc(-c2ccc3c(c2)C2(CCCCC2)c2ccccc2-3)c1. The zero-order valence-electron chi connectivity index (χ0n) is 33.9. The largest absolute Gasteiger partial charge is 0.456 e. The van der Waals surface area contributed by atoms with Gasteiger partial charge in [-0.2, -0.15) is 0 Å². The fourth-order valence-electron chi connectivity index (χ4n) is 10.5. The summed E-state index contributed by atoms with van der Waals surface area (Å²) in [6.07, 6.45) is 6.32. The van der Waals surface area contributed by atoms with Crippen molar-refractivity contribution in [3.05, 3.63) is 187 Å². The number of para-hydroxylation sites is 2. The summed E-state index contributed by atoms with van der Waals surface area (Å²) in [6.45, 7) is 0. The Morgan fingerprint density at radius 1 is 0.323 bits per heavy atom. The third-order valence-electron chi connectivity index (χ3n) is 13.5. The summed E-state index contributed by atoms with van der Waals surface area (Å²) >= 11 is 0. The van der Waals surface area contributed by atoms with Crippen molar-refractivity contribution in [3.8, 4) is 67.5 Å². The molecule has 0 unspecified atom stereocenters. The Labute approximate surface area is 358 Å². The van der Waals surface area contributed by atoms with Gasteiger partial charge in [-0.3, -0.25) is 0 Å². The highest BCUT2D eigenvalue weighted by Gasteiger charge is 2.43. The second-order valence-corrected chi connectivity index (χ2v) is 17.0. The minimum absolute atomic E-state index is 0.116. The van der Waals surface area contributed by atoms with E-state index in [1.165, 1.54) is 65.5 Å². The van der Waals surface area contributed by atoms with E-state index in [1.807, 2.05) is 60.7 Å². The van der Waals surface area contributed by atoms with Crippen molar-refractivity contribution in [1.82, 2.24) is 15.0 Å². The Morgan fingerprint density at radius 3 is 1.39 bits per heavy atom. The van der Waals surface area contributed by atoms with Crippen LogP contribution < -0.4 is 0 Å². The first-order chi connectivity index (χ1) is 30.6. The highest BCUT2D eigenvalue weighted by atomic mass is 16.3. The van der Waals surface area contributed by atoms with E-state index in [4.69, 9.17) is 23.8 Å². The van der Waals surface area contributed by atoms with Crippen LogP contribution in [-0.4, -0.2) is 15.0 Å². The average molecular weight is 798 g/mol. The second kappa shape index (κ2) is 13.7. The van der Waals surface area contributed by atoms with Crippen LogP contribution in [0.4, 0.5) is 0 Å². The number of fused-ring (bicyclic) bond motifs is 11. The molecule has 5 heteroatoms. The van der Waals surface area contributed by atoms with Crippen LogP contribution in [0.15, 0.2) is 185 Å². The maximum absolute atomic E-state index is 6.19. The normalized spacial score (nSPS) is 14.3. The Bertz CT molecular complexity index is 3460. The van der Waals surface area contributed by atoms with Gasteiger partial charge in [-0.15, -0.1) is 0 Å². The number of hydrogen-bond acceptors (Lipinski definition) is 5. The van der Waals surface area contributed by atoms with Gasteiger partial charge in [0.25, 0.3) is 0 Å². The summed E-state index contributed by atoms with van der Waals surface area (Å²) in [6, 6.07) is 62.5. The first-order valence-corrected chi connectivity index (χ1v) is 21.7. The fraction of sp³-hybridized carbons (Fsp3) is 0.105. The molecule has 2 aliphatic carbocycles. The number of nitrogens with zero attached hydrogens (tertiary/aromatic N) is 3. The van der Waals surface area contributed by atoms with E-state index in [-0.39, 0.29) is 5.41 Å². The lowest BCUT2D eigenvalue weighted by atomic mass is 9.67. The van der Waals surface area contributed by atoms with Crippen molar-refractivity contribution in [2.45, 2.75) is 37.5 Å². The molecule has 2 aliphatic rings. The summed E-state index contributed by atoms with van der Waals surface area (Å²) < 4.78 is 12.4. The average Bonchev–Trinajstić information content (AvgIpc) is 3.99. The molecule has 3 aromatic heterocycles. The summed E-state index contributed by atoms with van der Waals surface area (Å²) in [5.74, 6) is 1.79. The van der Waals surface area contributed by atoms with Gasteiger partial charge in [-0.1, -0.05) is 128 Å². The standard InChI is InChI=1S/C57H39N3O2/c1-8-28-57(29-9-1)48-19-5-2-16-42(48)43-25-22-38(34-49(43)57)36-13-10-12-35(30-36)37-14-11-15-39(31-37)54-58-55(40-23-26-52-46(32-40)44-17-3-6-20-50(44)61-52)60-56(59-54)41-24-27-53-47(33-41)45-18-4-7-21-51(45)62-53/h2-7,10-27,30-34H,1,8-9,28-29H2. The molecule has 1 fully saturated rings. The van der Waals surface area contributed by atoms with Gasteiger partial charge in [-0.05, 0) is 124 Å². The summed E-state index contributed by atoms with van der Waals surface area (Å²) in [5.41, 5.74) is 16.7. The molecule has 0 saturated heterocycles. The quantitative estimate of drug-likeness (QED) is 0.174. The van der Waals surface area contributed by atoms with E-state index in [1.54, 1.807) is 0 Å².